The third-order valence-electron chi connectivity index (χ3n) is 2.27. The second kappa shape index (κ2) is 5.02. The summed E-state index contributed by atoms with van der Waals surface area (Å²) in [5.74, 6) is 0.0776. The standard InChI is InChI=1S/C12H9ClF3NO/c13-6-9-5-8-3-1-2-4-10(8)11(17-9)18-7-12(14,15)16/h1-5H,6-7H2. The van der Waals surface area contributed by atoms with Gasteiger partial charge in [0.2, 0.25) is 5.88 Å². The summed E-state index contributed by atoms with van der Waals surface area (Å²) in [6.45, 7) is -1.37. The molecular weight excluding hydrogens is 267 g/mol. The van der Waals surface area contributed by atoms with E-state index in [-0.39, 0.29) is 11.8 Å². The first-order valence-electron chi connectivity index (χ1n) is 5.14. The summed E-state index contributed by atoms with van der Waals surface area (Å²) >= 11 is 5.65. The van der Waals surface area contributed by atoms with Gasteiger partial charge in [-0.05, 0) is 17.5 Å². The molecule has 0 aliphatic heterocycles. The third kappa shape index (κ3) is 3.04. The molecule has 0 radical (unpaired) electrons. The molecule has 0 saturated heterocycles. The fourth-order valence-corrected chi connectivity index (χ4v) is 1.69. The van der Waals surface area contributed by atoms with E-state index in [9.17, 15) is 13.2 Å². The fraction of sp³-hybridized carbons (Fsp3) is 0.250. The Morgan fingerprint density at radius 1 is 1.22 bits per heavy atom. The molecule has 0 spiro atoms. The molecule has 0 N–H and O–H groups in total. The summed E-state index contributed by atoms with van der Waals surface area (Å²) < 4.78 is 41.2. The molecule has 96 valence electrons. The minimum absolute atomic E-state index is 0.0407. The molecule has 1 aromatic carbocycles. The van der Waals surface area contributed by atoms with Crippen LogP contribution in [0.5, 0.6) is 5.88 Å². The molecule has 0 unspecified atom stereocenters. The molecule has 1 heterocycles. The Morgan fingerprint density at radius 3 is 2.61 bits per heavy atom. The maximum Gasteiger partial charge on any atom is 0.422 e. The van der Waals surface area contributed by atoms with E-state index in [1.165, 1.54) is 0 Å². The number of nitrogens with zero attached hydrogens (tertiary/aromatic N) is 1. The van der Waals surface area contributed by atoms with E-state index >= 15 is 0 Å². The summed E-state index contributed by atoms with van der Waals surface area (Å²) in [4.78, 5) is 3.97. The zero-order valence-corrected chi connectivity index (χ0v) is 9.92. The topological polar surface area (TPSA) is 22.1 Å². The average Bonchev–Trinajstić information content (AvgIpc) is 2.34. The van der Waals surface area contributed by atoms with Gasteiger partial charge in [-0.25, -0.2) is 4.98 Å². The second-order valence-electron chi connectivity index (χ2n) is 3.68. The number of halogens is 4. The molecule has 2 aromatic rings. The zero-order chi connectivity index (χ0) is 13.2. The Morgan fingerprint density at radius 2 is 1.94 bits per heavy atom. The van der Waals surface area contributed by atoms with E-state index in [1.54, 1.807) is 30.3 Å². The SMILES string of the molecule is FC(F)(F)COc1nc(CCl)cc2ccccc12. The van der Waals surface area contributed by atoms with Crippen molar-refractivity contribution in [1.82, 2.24) is 4.98 Å². The molecule has 1 aromatic heterocycles. The Kier molecular flexibility index (Phi) is 3.61. The first kappa shape index (κ1) is 13.0. The van der Waals surface area contributed by atoms with Crippen LogP contribution in [0, 0.1) is 0 Å². The van der Waals surface area contributed by atoms with Crippen molar-refractivity contribution in [2.24, 2.45) is 0 Å². The quantitative estimate of drug-likeness (QED) is 0.792. The molecule has 2 nitrogen and oxygen atoms in total. The van der Waals surface area contributed by atoms with Crippen LogP contribution < -0.4 is 4.74 Å². The van der Waals surface area contributed by atoms with Gasteiger partial charge in [-0.3, -0.25) is 0 Å². The van der Waals surface area contributed by atoms with Crippen LogP contribution in [0.2, 0.25) is 0 Å². The van der Waals surface area contributed by atoms with Crippen molar-refractivity contribution < 1.29 is 17.9 Å². The van der Waals surface area contributed by atoms with Gasteiger partial charge in [-0.2, -0.15) is 13.2 Å². The van der Waals surface area contributed by atoms with Gasteiger partial charge in [0.15, 0.2) is 6.61 Å². The lowest BCUT2D eigenvalue weighted by Gasteiger charge is -2.11. The van der Waals surface area contributed by atoms with Crippen LogP contribution >= 0.6 is 11.6 Å². The summed E-state index contributed by atoms with van der Waals surface area (Å²) in [5, 5.41) is 1.29. The van der Waals surface area contributed by atoms with Gasteiger partial charge >= 0.3 is 6.18 Å². The van der Waals surface area contributed by atoms with E-state index in [1.807, 2.05) is 0 Å². The van der Waals surface area contributed by atoms with E-state index in [2.05, 4.69) is 4.98 Å². The van der Waals surface area contributed by atoms with Gasteiger partial charge in [-0.15, -0.1) is 11.6 Å². The molecule has 0 bridgehead atoms. The first-order valence-corrected chi connectivity index (χ1v) is 5.67. The predicted molar refractivity (Wildman–Crippen MR) is 62.9 cm³/mol. The number of hydrogen-bond donors (Lipinski definition) is 0. The molecule has 0 aliphatic carbocycles. The third-order valence-corrected chi connectivity index (χ3v) is 2.54. The number of ether oxygens (including phenoxy) is 1. The average molecular weight is 276 g/mol. The van der Waals surface area contributed by atoms with Crippen molar-refractivity contribution in [3.63, 3.8) is 0 Å². The molecule has 6 heteroatoms. The highest BCUT2D eigenvalue weighted by atomic mass is 35.5. The van der Waals surface area contributed by atoms with Crippen molar-refractivity contribution >= 4 is 22.4 Å². The summed E-state index contributed by atoms with van der Waals surface area (Å²) in [7, 11) is 0. The van der Waals surface area contributed by atoms with Crippen LogP contribution in [0.25, 0.3) is 10.8 Å². The van der Waals surface area contributed by atoms with Crippen molar-refractivity contribution in [3.8, 4) is 5.88 Å². The van der Waals surface area contributed by atoms with Gasteiger partial charge in [0, 0.05) is 5.39 Å². The number of aromatic nitrogens is 1. The normalized spacial score (nSPS) is 11.8. The Hall–Kier alpha value is -1.49. The fourth-order valence-electron chi connectivity index (χ4n) is 1.55. The van der Waals surface area contributed by atoms with Crippen LogP contribution in [0.1, 0.15) is 5.69 Å². The van der Waals surface area contributed by atoms with E-state index in [4.69, 9.17) is 16.3 Å². The van der Waals surface area contributed by atoms with E-state index in [0.717, 1.165) is 5.39 Å². The highest BCUT2D eigenvalue weighted by Crippen LogP contribution is 2.26. The number of benzene rings is 1. The lowest BCUT2D eigenvalue weighted by Crippen LogP contribution is -2.19. The van der Waals surface area contributed by atoms with Crippen molar-refractivity contribution in [2.75, 3.05) is 6.61 Å². The van der Waals surface area contributed by atoms with Crippen LogP contribution in [-0.4, -0.2) is 17.8 Å². The Labute approximate surface area is 106 Å². The highest BCUT2D eigenvalue weighted by Gasteiger charge is 2.29. The minimum atomic E-state index is -4.39. The van der Waals surface area contributed by atoms with Crippen molar-refractivity contribution in [2.45, 2.75) is 12.1 Å². The first-order chi connectivity index (χ1) is 8.49. The molecule has 0 saturated carbocycles. The van der Waals surface area contributed by atoms with Gasteiger partial charge in [-0.1, -0.05) is 18.2 Å². The number of alkyl halides is 4. The smallest absolute Gasteiger partial charge is 0.422 e. The van der Waals surface area contributed by atoms with Crippen molar-refractivity contribution in [3.05, 3.63) is 36.0 Å². The van der Waals surface area contributed by atoms with Gasteiger partial charge in [0.1, 0.15) is 0 Å². The summed E-state index contributed by atoms with van der Waals surface area (Å²) in [5.41, 5.74) is 0.479. The number of hydrogen-bond acceptors (Lipinski definition) is 2. The zero-order valence-electron chi connectivity index (χ0n) is 9.17. The number of rotatable bonds is 3. The van der Waals surface area contributed by atoms with Crippen molar-refractivity contribution in [1.29, 1.82) is 0 Å². The van der Waals surface area contributed by atoms with Gasteiger partial charge in [0.05, 0.1) is 11.6 Å². The van der Waals surface area contributed by atoms with Gasteiger partial charge in [0.25, 0.3) is 0 Å². The molecule has 0 fully saturated rings. The summed E-state index contributed by atoms with van der Waals surface area (Å²) in [6.07, 6.45) is -4.39. The monoisotopic (exact) mass is 275 g/mol. The van der Waals surface area contributed by atoms with Crippen LogP contribution in [0.4, 0.5) is 13.2 Å². The molecule has 18 heavy (non-hydrogen) atoms. The predicted octanol–water partition coefficient (Wildman–Crippen LogP) is 3.91. The molecular formula is C12H9ClF3NO. The Bertz CT molecular complexity index is 557. The molecule has 0 atom stereocenters. The van der Waals surface area contributed by atoms with Gasteiger partial charge < -0.3 is 4.74 Å². The van der Waals surface area contributed by atoms with E-state index in [0.29, 0.717) is 11.1 Å². The molecule has 0 amide bonds. The summed E-state index contributed by atoms with van der Waals surface area (Å²) in [6, 6.07) is 8.65. The minimum Gasteiger partial charge on any atom is -0.468 e. The Balaban J connectivity index is 2.41. The lowest BCUT2D eigenvalue weighted by molar-refractivity contribution is -0.153. The number of pyridine rings is 1. The maximum absolute atomic E-state index is 12.1. The van der Waals surface area contributed by atoms with Crippen LogP contribution in [0.3, 0.4) is 0 Å². The number of fused-ring (bicyclic) bond motifs is 1. The largest absolute Gasteiger partial charge is 0.468 e. The molecule has 2 rings (SSSR count). The lowest BCUT2D eigenvalue weighted by atomic mass is 10.1. The molecule has 0 aliphatic rings. The van der Waals surface area contributed by atoms with Crippen LogP contribution in [0.15, 0.2) is 30.3 Å². The second-order valence-corrected chi connectivity index (χ2v) is 3.94. The maximum atomic E-state index is 12.1. The van der Waals surface area contributed by atoms with Crippen LogP contribution in [-0.2, 0) is 5.88 Å². The highest BCUT2D eigenvalue weighted by molar-refractivity contribution is 6.17. The van der Waals surface area contributed by atoms with E-state index < -0.39 is 12.8 Å².